The van der Waals surface area contributed by atoms with Gasteiger partial charge in [0.05, 0.1) is 0 Å². The number of aryl methyl sites for hydroxylation is 1. The first-order valence-corrected chi connectivity index (χ1v) is 6.41. The van der Waals surface area contributed by atoms with Gasteiger partial charge in [-0.25, -0.2) is 4.98 Å². The quantitative estimate of drug-likeness (QED) is 0.674. The predicted octanol–water partition coefficient (Wildman–Crippen LogP) is 0.894. The number of carbonyl (C=O) groups excluding carboxylic acids is 1. The first-order chi connectivity index (χ1) is 8.58. The van der Waals surface area contributed by atoms with Crippen LogP contribution in [0, 0.1) is 5.92 Å². The minimum atomic E-state index is -0.291. The van der Waals surface area contributed by atoms with Crippen LogP contribution in [0.25, 0.3) is 0 Å². The van der Waals surface area contributed by atoms with Gasteiger partial charge < -0.3 is 10.4 Å². The van der Waals surface area contributed by atoms with Crippen molar-refractivity contribution in [2.75, 3.05) is 6.61 Å². The zero-order valence-electron chi connectivity index (χ0n) is 11.2. The minimum Gasteiger partial charge on any atom is -0.396 e. The molecule has 6 nitrogen and oxygen atoms in total. The van der Waals surface area contributed by atoms with Crippen molar-refractivity contribution in [1.82, 2.24) is 20.5 Å². The van der Waals surface area contributed by atoms with Crippen LogP contribution in [0.4, 0.5) is 0 Å². The lowest BCUT2D eigenvalue weighted by Gasteiger charge is -2.20. The summed E-state index contributed by atoms with van der Waals surface area (Å²) in [7, 11) is 0. The van der Waals surface area contributed by atoms with E-state index in [1.54, 1.807) is 0 Å². The molecule has 3 N–H and O–H groups in total. The van der Waals surface area contributed by atoms with Gasteiger partial charge >= 0.3 is 0 Å². The van der Waals surface area contributed by atoms with E-state index in [0.29, 0.717) is 6.42 Å². The van der Waals surface area contributed by atoms with E-state index in [2.05, 4.69) is 20.5 Å². The second-order valence-electron chi connectivity index (χ2n) is 4.69. The third-order valence-corrected chi connectivity index (χ3v) is 2.78. The molecule has 6 heteroatoms. The lowest BCUT2D eigenvalue weighted by molar-refractivity contribution is 0.0906. The summed E-state index contributed by atoms with van der Waals surface area (Å²) >= 11 is 0. The Balaban J connectivity index is 2.62. The van der Waals surface area contributed by atoms with Crippen molar-refractivity contribution < 1.29 is 9.90 Å². The monoisotopic (exact) mass is 254 g/mol. The van der Waals surface area contributed by atoms with E-state index in [9.17, 15) is 4.79 Å². The SMILES string of the molecule is CCCc1nc(C(=O)NC(CCO)C(C)C)n[nH]1. The summed E-state index contributed by atoms with van der Waals surface area (Å²) in [4.78, 5) is 16.0. The number of aliphatic hydroxyl groups is 1. The fraction of sp³-hybridized carbons (Fsp3) is 0.750. The molecule has 1 rings (SSSR count). The number of aliphatic hydroxyl groups excluding tert-OH is 1. The number of aromatic nitrogens is 3. The van der Waals surface area contributed by atoms with Crippen molar-refractivity contribution in [3.8, 4) is 0 Å². The molecule has 0 bridgehead atoms. The summed E-state index contributed by atoms with van der Waals surface area (Å²) < 4.78 is 0. The second-order valence-corrected chi connectivity index (χ2v) is 4.69. The van der Waals surface area contributed by atoms with Gasteiger partial charge in [0, 0.05) is 19.1 Å². The van der Waals surface area contributed by atoms with Crippen LogP contribution in [-0.4, -0.2) is 38.8 Å². The van der Waals surface area contributed by atoms with Crippen molar-refractivity contribution in [2.24, 2.45) is 5.92 Å². The summed E-state index contributed by atoms with van der Waals surface area (Å²) in [6.07, 6.45) is 2.27. The van der Waals surface area contributed by atoms with Crippen LogP contribution < -0.4 is 5.32 Å². The number of H-pyrrole nitrogens is 1. The predicted molar refractivity (Wildman–Crippen MR) is 68.2 cm³/mol. The molecule has 0 radical (unpaired) electrons. The van der Waals surface area contributed by atoms with E-state index in [4.69, 9.17) is 5.11 Å². The van der Waals surface area contributed by atoms with Crippen LogP contribution in [0.5, 0.6) is 0 Å². The topological polar surface area (TPSA) is 90.9 Å². The van der Waals surface area contributed by atoms with Crippen LogP contribution >= 0.6 is 0 Å². The fourth-order valence-electron chi connectivity index (χ4n) is 1.69. The van der Waals surface area contributed by atoms with Crippen LogP contribution in [0.3, 0.4) is 0 Å². The van der Waals surface area contributed by atoms with E-state index in [1.807, 2.05) is 20.8 Å². The van der Waals surface area contributed by atoms with Gasteiger partial charge in [-0.3, -0.25) is 9.89 Å². The molecule has 102 valence electrons. The highest BCUT2D eigenvalue weighted by molar-refractivity contribution is 5.90. The molecule has 1 aromatic heterocycles. The lowest BCUT2D eigenvalue weighted by atomic mass is 10.0. The number of aromatic amines is 1. The minimum absolute atomic E-state index is 0.0538. The van der Waals surface area contributed by atoms with Gasteiger partial charge in [-0.2, -0.15) is 0 Å². The zero-order valence-corrected chi connectivity index (χ0v) is 11.2. The first kappa shape index (κ1) is 14.6. The second kappa shape index (κ2) is 7.10. The molecule has 0 fully saturated rings. The molecule has 1 heterocycles. The highest BCUT2D eigenvalue weighted by Gasteiger charge is 2.19. The maximum absolute atomic E-state index is 11.9. The number of amides is 1. The maximum Gasteiger partial charge on any atom is 0.291 e. The molecule has 1 atom stereocenters. The van der Waals surface area contributed by atoms with Gasteiger partial charge in [-0.1, -0.05) is 20.8 Å². The maximum atomic E-state index is 11.9. The molecular weight excluding hydrogens is 232 g/mol. The Morgan fingerprint density at radius 2 is 2.22 bits per heavy atom. The molecule has 0 spiro atoms. The molecule has 1 unspecified atom stereocenters. The van der Waals surface area contributed by atoms with Gasteiger partial charge in [0.2, 0.25) is 5.82 Å². The normalized spacial score (nSPS) is 12.7. The van der Waals surface area contributed by atoms with E-state index < -0.39 is 0 Å². The number of hydrogen-bond acceptors (Lipinski definition) is 4. The third kappa shape index (κ3) is 4.10. The fourth-order valence-corrected chi connectivity index (χ4v) is 1.69. The Morgan fingerprint density at radius 3 is 2.78 bits per heavy atom. The molecule has 0 saturated heterocycles. The molecule has 0 aliphatic rings. The molecule has 1 aromatic rings. The van der Waals surface area contributed by atoms with Crippen LogP contribution in [0.1, 0.15) is 50.1 Å². The molecule has 0 aliphatic heterocycles. The van der Waals surface area contributed by atoms with Gasteiger partial charge in [-0.05, 0) is 18.8 Å². The van der Waals surface area contributed by atoms with Crippen molar-refractivity contribution in [3.63, 3.8) is 0 Å². The van der Waals surface area contributed by atoms with Crippen LogP contribution in [0.2, 0.25) is 0 Å². The van der Waals surface area contributed by atoms with E-state index >= 15 is 0 Å². The molecule has 0 saturated carbocycles. The number of nitrogens with one attached hydrogen (secondary N) is 2. The van der Waals surface area contributed by atoms with Gasteiger partial charge in [-0.15, -0.1) is 5.10 Å². The summed E-state index contributed by atoms with van der Waals surface area (Å²) in [5.74, 6) is 0.865. The van der Waals surface area contributed by atoms with E-state index in [0.717, 1.165) is 18.7 Å². The summed E-state index contributed by atoms with van der Waals surface area (Å²) in [6, 6.07) is -0.0596. The number of carbonyl (C=O) groups is 1. The summed E-state index contributed by atoms with van der Waals surface area (Å²) in [5, 5.41) is 18.4. The Bertz CT molecular complexity index is 376. The van der Waals surface area contributed by atoms with E-state index in [1.165, 1.54) is 0 Å². The Kier molecular flexibility index (Phi) is 5.77. The molecule has 1 amide bonds. The van der Waals surface area contributed by atoms with Crippen LogP contribution in [0.15, 0.2) is 0 Å². The molecule has 0 aromatic carbocycles. The van der Waals surface area contributed by atoms with Crippen LogP contribution in [-0.2, 0) is 6.42 Å². The lowest BCUT2D eigenvalue weighted by Crippen LogP contribution is -2.39. The largest absolute Gasteiger partial charge is 0.396 e. The summed E-state index contributed by atoms with van der Waals surface area (Å²) in [5.41, 5.74) is 0. The number of nitrogens with zero attached hydrogens (tertiary/aromatic N) is 2. The van der Waals surface area contributed by atoms with Crippen molar-refractivity contribution in [2.45, 2.75) is 46.1 Å². The number of rotatable bonds is 7. The highest BCUT2D eigenvalue weighted by Crippen LogP contribution is 2.06. The standard InChI is InChI=1S/C12H22N4O2/c1-4-5-10-14-11(16-15-10)12(18)13-9(6-7-17)8(2)3/h8-9,17H,4-7H2,1-3H3,(H,13,18)(H,14,15,16). The Morgan fingerprint density at radius 1 is 1.50 bits per heavy atom. The first-order valence-electron chi connectivity index (χ1n) is 6.41. The van der Waals surface area contributed by atoms with Gasteiger partial charge in [0.15, 0.2) is 0 Å². The average molecular weight is 254 g/mol. The van der Waals surface area contributed by atoms with E-state index in [-0.39, 0.29) is 30.3 Å². The molecular formula is C12H22N4O2. The smallest absolute Gasteiger partial charge is 0.291 e. The Labute approximate surface area is 107 Å². The van der Waals surface area contributed by atoms with Gasteiger partial charge in [0.25, 0.3) is 5.91 Å². The summed E-state index contributed by atoms with van der Waals surface area (Å²) in [6.45, 7) is 6.10. The van der Waals surface area contributed by atoms with Crippen molar-refractivity contribution in [1.29, 1.82) is 0 Å². The van der Waals surface area contributed by atoms with Crippen molar-refractivity contribution in [3.05, 3.63) is 11.6 Å². The highest BCUT2D eigenvalue weighted by atomic mass is 16.3. The third-order valence-electron chi connectivity index (χ3n) is 2.78. The molecule has 0 aliphatic carbocycles. The molecule has 18 heavy (non-hydrogen) atoms. The number of hydrogen-bond donors (Lipinski definition) is 3. The Hall–Kier alpha value is -1.43. The van der Waals surface area contributed by atoms with Gasteiger partial charge in [0.1, 0.15) is 5.82 Å². The average Bonchev–Trinajstić information content (AvgIpc) is 2.77. The van der Waals surface area contributed by atoms with Crippen molar-refractivity contribution >= 4 is 5.91 Å². The zero-order chi connectivity index (χ0) is 13.5.